The Labute approximate surface area is 167 Å². The normalized spacial score (nSPS) is 33.0. The molecule has 6 nitrogen and oxygen atoms in total. The lowest BCUT2D eigenvalue weighted by Crippen LogP contribution is -2.62. The smallest absolute Gasteiger partial charge is 0.160 e. The third-order valence-corrected chi connectivity index (χ3v) is 7.63. The van der Waals surface area contributed by atoms with E-state index in [1.165, 1.54) is 45.1 Å². The second-order valence-corrected chi connectivity index (χ2v) is 9.51. The maximum Gasteiger partial charge on any atom is 0.160 e. The van der Waals surface area contributed by atoms with Gasteiger partial charge in [0.15, 0.2) is 11.6 Å². The van der Waals surface area contributed by atoms with Gasteiger partial charge in [-0.15, -0.1) is 10.2 Å². The number of nitrogens with zero attached hydrogens (tertiary/aromatic N) is 6. The SMILES string of the molecule is Cn1ccnc1-c1ccc(N2C[C@@H]3C[C@H](C2)[C@@H]2CCC[C@H](C4CC4)N2C3)nn1. The highest BCUT2D eigenvalue weighted by molar-refractivity contribution is 5.52. The molecular formula is C22H30N6. The summed E-state index contributed by atoms with van der Waals surface area (Å²) in [5, 5.41) is 9.08. The average Bonchev–Trinajstić information content (AvgIpc) is 3.48. The molecule has 6 heteroatoms. The Morgan fingerprint density at radius 3 is 2.50 bits per heavy atom. The Balaban J connectivity index is 1.20. The first-order chi connectivity index (χ1) is 13.8. The predicted octanol–water partition coefficient (Wildman–Crippen LogP) is 2.97. The van der Waals surface area contributed by atoms with Gasteiger partial charge in [0.1, 0.15) is 5.69 Å². The number of aromatic nitrogens is 4. The van der Waals surface area contributed by atoms with Gasteiger partial charge in [0.05, 0.1) is 0 Å². The molecule has 4 atom stereocenters. The van der Waals surface area contributed by atoms with Crippen molar-refractivity contribution in [1.82, 2.24) is 24.6 Å². The molecule has 0 N–H and O–H groups in total. The fourth-order valence-electron chi connectivity index (χ4n) is 6.25. The van der Waals surface area contributed by atoms with Gasteiger partial charge in [-0.05, 0) is 62.0 Å². The summed E-state index contributed by atoms with van der Waals surface area (Å²) in [6.45, 7) is 3.58. The Kier molecular flexibility index (Phi) is 3.96. The van der Waals surface area contributed by atoms with Gasteiger partial charge in [0, 0.05) is 51.2 Å². The third kappa shape index (κ3) is 2.84. The second-order valence-electron chi connectivity index (χ2n) is 9.51. The van der Waals surface area contributed by atoms with Crippen LogP contribution in [0.1, 0.15) is 38.5 Å². The van der Waals surface area contributed by atoms with Crippen LogP contribution < -0.4 is 4.90 Å². The molecule has 6 rings (SSSR count). The van der Waals surface area contributed by atoms with E-state index in [2.05, 4.69) is 37.1 Å². The molecule has 2 aromatic rings. The molecule has 2 bridgehead atoms. The number of rotatable bonds is 3. The molecular weight excluding hydrogens is 348 g/mol. The van der Waals surface area contributed by atoms with E-state index >= 15 is 0 Å². The molecule has 0 aromatic carbocycles. The Morgan fingerprint density at radius 2 is 1.79 bits per heavy atom. The minimum Gasteiger partial charge on any atom is -0.354 e. The fourth-order valence-corrected chi connectivity index (χ4v) is 6.25. The summed E-state index contributed by atoms with van der Waals surface area (Å²) >= 11 is 0. The zero-order valence-corrected chi connectivity index (χ0v) is 16.7. The van der Waals surface area contributed by atoms with Crippen LogP contribution >= 0.6 is 0 Å². The topological polar surface area (TPSA) is 50.1 Å². The van der Waals surface area contributed by atoms with E-state index in [9.17, 15) is 0 Å². The van der Waals surface area contributed by atoms with E-state index in [1.807, 2.05) is 24.0 Å². The van der Waals surface area contributed by atoms with Crippen molar-refractivity contribution in [2.24, 2.45) is 24.8 Å². The van der Waals surface area contributed by atoms with Gasteiger partial charge in [-0.3, -0.25) is 4.90 Å². The summed E-state index contributed by atoms with van der Waals surface area (Å²) in [6, 6.07) is 5.92. The molecule has 1 aliphatic carbocycles. The Bertz CT molecular complexity index is 841. The highest BCUT2D eigenvalue weighted by atomic mass is 15.3. The maximum absolute atomic E-state index is 4.59. The van der Waals surface area contributed by atoms with Gasteiger partial charge in [-0.1, -0.05) is 6.42 Å². The number of hydrogen-bond acceptors (Lipinski definition) is 5. The van der Waals surface area contributed by atoms with E-state index < -0.39 is 0 Å². The lowest BCUT2D eigenvalue weighted by Gasteiger charge is -2.55. The zero-order valence-electron chi connectivity index (χ0n) is 16.7. The minimum absolute atomic E-state index is 0.783. The second kappa shape index (κ2) is 6.55. The number of piperidine rings is 3. The van der Waals surface area contributed by atoms with Crippen LogP contribution in [0.5, 0.6) is 0 Å². The lowest BCUT2D eigenvalue weighted by molar-refractivity contribution is -0.0259. The van der Waals surface area contributed by atoms with Crippen LogP contribution in [0, 0.1) is 17.8 Å². The van der Waals surface area contributed by atoms with Gasteiger partial charge < -0.3 is 9.47 Å². The van der Waals surface area contributed by atoms with Crippen molar-refractivity contribution >= 4 is 5.82 Å². The van der Waals surface area contributed by atoms with E-state index in [1.54, 1.807) is 0 Å². The number of fused-ring (bicyclic) bond motifs is 4. The molecule has 3 saturated heterocycles. The number of hydrogen-bond donors (Lipinski definition) is 0. The van der Waals surface area contributed by atoms with E-state index in [0.29, 0.717) is 0 Å². The first-order valence-corrected chi connectivity index (χ1v) is 11.1. The van der Waals surface area contributed by atoms with E-state index in [-0.39, 0.29) is 0 Å². The summed E-state index contributed by atoms with van der Waals surface area (Å²) in [5.74, 6) is 4.51. The minimum atomic E-state index is 0.783. The summed E-state index contributed by atoms with van der Waals surface area (Å²) in [4.78, 5) is 9.85. The molecule has 0 amide bonds. The largest absolute Gasteiger partial charge is 0.354 e. The molecule has 0 spiro atoms. The number of anilines is 1. The quantitative estimate of drug-likeness (QED) is 0.822. The first-order valence-electron chi connectivity index (χ1n) is 11.1. The molecule has 3 aliphatic heterocycles. The molecule has 4 aliphatic rings. The zero-order chi connectivity index (χ0) is 18.7. The highest BCUT2D eigenvalue weighted by Crippen LogP contribution is 2.46. The summed E-state index contributed by atoms with van der Waals surface area (Å²) in [5.41, 5.74) is 0.846. The first kappa shape index (κ1) is 17.0. The van der Waals surface area contributed by atoms with Crippen LogP contribution in [0.25, 0.3) is 11.5 Å². The van der Waals surface area contributed by atoms with Crippen LogP contribution in [0.15, 0.2) is 24.5 Å². The van der Waals surface area contributed by atoms with Gasteiger partial charge in [0.2, 0.25) is 0 Å². The molecule has 2 aromatic heterocycles. The van der Waals surface area contributed by atoms with Crippen molar-refractivity contribution in [2.75, 3.05) is 24.5 Å². The van der Waals surface area contributed by atoms with Crippen LogP contribution in [-0.2, 0) is 7.05 Å². The summed E-state index contributed by atoms with van der Waals surface area (Å²) in [6.07, 6.45) is 12.4. The fraction of sp³-hybridized carbons (Fsp3) is 0.682. The molecule has 0 unspecified atom stereocenters. The van der Waals surface area contributed by atoms with Crippen molar-refractivity contribution in [3.05, 3.63) is 24.5 Å². The van der Waals surface area contributed by atoms with Crippen LogP contribution in [0.3, 0.4) is 0 Å². The summed E-state index contributed by atoms with van der Waals surface area (Å²) < 4.78 is 1.99. The van der Waals surface area contributed by atoms with Crippen molar-refractivity contribution in [2.45, 2.75) is 50.6 Å². The van der Waals surface area contributed by atoms with Gasteiger partial charge in [-0.2, -0.15) is 0 Å². The monoisotopic (exact) mass is 378 g/mol. The van der Waals surface area contributed by atoms with Crippen LogP contribution in [-0.4, -0.2) is 56.4 Å². The highest BCUT2D eigenvalue weighted by Gasteiger charge is 2.48. The molecule has 0 radical (unpaired) electrons. The predicted molar refractivity (Wildman–Crippen MR) is 109 cm³/mol. The van der Waals surface area contributed by atoms with Crippen molar-refractivity contribution in [3.63, 3.8) is 0 Å². The van der Waals surface area contributed by atoms with Gasteiger partial charge in [0.25, 0.3) is 0 Å². The average molecular weight is 379 g/mol. The van der Waals surface area contributed by atoms with Crippen LogP contribution in [0.4, 0.5) is 5.82 Å². The third-order valence-electron chi connectivity index (χ3n) is 7.63. The summed E-state index contributed by atoms with van der Waals surface area (Å²) in [7, 11) is 1.99. The van der Waals surface area contributed by atoms with Crippen molar-refractivity contribution in [3.8, 4) is 11.5 Å². The van der Waals surface area contributed by atoms with E-state index in [4.69, 9.17) is 0 Å². The molecule has 28 heavy (non-hydrogen) atoms. The number of imidazole rings is 1. The molecule has 1 saturated carbocycles. The number of aryl methyl sites for hydroxylation is 1. The maximum atomic E-state index is 4.59. The standard InChI is InChI=1S/C22H30N6/c1-26-10-9-23-22(26)18-7-8-21(25-24-18)27-12-15-11-17(14-27)20-4-2-3-19(16-5-6-16)28(20)13-15/h7-10,15-17,19-20H,2-6,11-14H2,1H3/t15-,17+,19+,20-/m0/s1. The lowest BCUT2D eigenvalue weighted by atomic mass is 9.74. The van der Waals surface area contributed by atoms with Crippen molar-refractivity contribution < 1.29 is 0 Å². The van der Waals surface area contributed by atoms with Crippen LogP contribution in [0.2, 0.25) is 0 Å². The van der Waals surface area contributed by atoms with Gasteiger partial charge >= 0.3 is 0 Å². The Hall–Kier alpha value is -1.95. The van der Waals surface area contributed by atoms with E-state index in [0.717, 1.165) is 60.3 Å². The Morgan fingerprint density at radius 1 is 0.929 bits per heavy atom. The molecule has 4 fully saturated rings. The molecule has 5 heterocycles. The van der Waals surface area contributed by atoms with Gasteiger partial charge in [-0.25, -0.2) is 4.98 Å². The molecule has 148 valence electrons. The van der Waals surface area contributed by atoms with Crippen molar-refractivity contribution in [1.29, 1.82) is 0 Å².